The first-order valence-corrected chi connectivity index (χ1v) is 10.4. The van der Waals surface area contributed by atoms with Gasteiger partial charge in [-0.05, 0) is 36.8 Å². The number of piperazine rings is 1. The highest BCUT2D eigenvalue weighted by molar-refractivity contribution is 5.79. The summed E-state index contributed by atoms with van der Waals surface area (Å²) < 4.78 is 5.21. The second kappa shape index (κ2) is 9.47. The first kappa shape index (κ1) is 20.7. The van der Waals surface area contributed by atoms with E-state index in [0.717, 1.165) is 28.5 Å². The molecule has 0 atom stereocenters. The Kier molecular flexibility index (Phi) is 6.31. The fraction of sp³-hybridized carbons (Fsp3) is 0.292. The summed E-state index contributed by atoms with van der Waals surface area (Å²) >= 11 is 0. The minimum atomic E-state index is 0.165. The molecule has 1 fully saturated rings. The number of methoxy groups -OCH3 is 1. The molecule has 1 amide bonds. The van der Waals surface area contributed by atoms with Gasteiger partial charge in [0.1, 0.15) is 11.6 Å². The molecule has 160 valence electrons. The molecular formula is C24H27N5O2. The van der Waals surface area contributed by atoms with Crippen molar-refractivity contribution in [3.05, 3.63) is 71.9 Å². The molecule has 7 nitrogen and oxygen atoms in total. The van der Waals surface area contributed by atoms with Crippen LogP contribution in [0.15, 0.2) is 60.7 Å². The summed E-state index contributed by atoms with van der Waals surface area (Å²) in [7, 11) is 1.65. The number of rotatable bonds is 6. The Morgan fingerprint density at radius 2 is 1.71 bits per heavy atom. The number of hydrogen-bond donors (Lipinski definition) is 1. The van der Waals surface area contributed by atoms with Crippen molar-refractivity contribution in [1.29, 1.82) is 0 Å². The van der Waals surface area contributed by atoms with E-state index in [9.17, 15) is 4.79 Å². The molecule has 0 spiro atoms. The summed E-state index contributed by atoms with van der Waals surface area (Å²) in [5.41, 5.74) is 2.87. The summed E-state index contributed by atoms with van der Waals surface area (Å²) in [6, 6.07) is 19.5. The normalized spacial score (nSPS) is 13.7. The van der Waals surface area contributed by atoms with Gasteiger partial charge in [-0.25, -0.2) is 4.98 Å². The van der Waals surface area contributed by atoms with Crippen LogP contribution in [0.25, 0.3) is 0 Å². The number of benzene rings is 2. The topological polar surface area (TPSA) is 70.6 Å². The molecule has 0 aliphatic carbocycles. The van der Waals surface area contributed by atoms with Crippen LogP contribution in [0.2, 0.25) is 0 Å². The number of nitrogens with zero attached hydrogens (tertiary/aromatic N) is 4. The maximum Gasteiger partial charge on any atom is 0.227 e. The van der Waals surface area contributed by atoms with Gasteiger partial charge in [0.15, 0.2) is 0 Å². The largest absolute Gasteiger partial charge is 0.497 e. The second-order valence-corrected chi connectivity index (χ2v) is 7.58. The molecule has 0 radical (unpaired) electrons. The third-order valence-corrected chi connectivity index (χ3v) is 5.32. The summed E-state index contributed by atoms with van der Waals surface area (Å²) in [6.07, 6.45) is 0.442. The van der Waals surface area contributed by atoms with Crippen molar-refractivity contribution < 1.29 is 9.53 Å². The molecule has 3 aromatic rings. The summed E-state index contributed by atoms with van der Waals surface area (Å²) in [5.74, 6) is 2.41. The van der Waals surface area contributed by atoms with Crippen molar-refractivity contribution in [2.24, 2.45) is 0 Å². The van der Waals surface area contributed by atoms with E-state index in [1.165, 1.54) is 0 Å². The van der Waals surface area contributed by atoms with Crippen molar-refractivity contribution in [1.82, 2.24) is 14.9 Å². The quantitative estimate of drug-likeness (QED) is 0.663. The first-order valence-electron chi connectivity index (χ1n) is 10.4. The predicted octanol–water partition coefficient (Wildman–Crippen LogP) is 3.43. The van der Waals surface area contributed by atoms with Crippen molar-refractivity contribution in [3.8, 4) is 5.75 Å². The third kappa shape index (κ3) is 5.31. The summed E-state index contributed by atoms with van der Waals surface area (Å²) in [5, 5.41) is 3.33. The minimum Gasteiger partial charge on any atom is -0.497 e. The fourth-order valence-electron chi connectivity index (χ4n) is 3.62. The van der Waals surface area contributed by atoms with E-state index in [4.69, 9.17) is 9.72 Å². The Balaban J connectivity index is 1.38. The summed E-state index contributed by atoms with van der Waals surface area (Å²) in [4.78, 5) is 26.0. The number of hydrogen-bond acceptors (Lipinski definition) is 6. The van der Waals surface area contributed by atoms with Gasteiger partial charge >= 0.3 is 0 Å². The fourth-order valence-corrected chi connectivity index (χ4v) is 3.62. The molecule has 2 aromatic carbocycles. The van der Waals surface area contributed by atoms with Crippen LogP contribution in [0, 0.1) is 6.92 Å². The van der Waals surface area contributed by atoms with Gasteiger partial charge in [-0.3, -0.25) is 4.79 Å². The Morgan fingerprint density at radius 1 is 1.00 bits per heavy atom. The Bertz CT molecular complexity index is 1020. The monoisotopic (exact) mass is 417 g/mol. The maximum absolute atomic E-state index is 12.6. The number of carbonyl (C=O) groups excluding carboxylic acids is 1. The maximum atomic E-state index is 12.6. The van der Waals surface area contributed by atoms with Crippen LogP contribution >= 0.6 is 0 Å². The Morgan fingerprint density at radius 3 is 2.39 bits per heavy atom. The summed E-state index contributed by atoms with van der Waals surface area (Å²) in [6.45, 7) is 4.73. The van der Waals surface area contributed by atoms with E-state index in [2.05, 4.69) is 15.2 Å². The van der Waals surface area contributed by atoms with E-state index in [0.29, 0.717) is 38.5 Å². The molecule has 1 saturated heterocycles. The molecule has 1 aliphatic rings. The van der Waals surface area contributed by atoms with Gasteiger partial charge in [0, 0.05) is 43.6 Å². The molecule has 31 heavy (non-hydrogen) atoms. The van der Waals surface area contributed by atoms with Crippen LogP contribution in [0.5, 0.6) is 5.75 Å². The highest BCUT2D eigenvalue weighted by atomic mass is 16.5. The van der Waals surface area contributed by atoms with Crippen LogP contribution in [-0.2, 0) is 11.2 Å². The van der Waals surface area contributed by atoms with E-state index >= 15 is 0 Å². The van der Waals surface area contributed by atoms with Gasteiger partial charge in [-0.1, -0.05) is 30.3 Å². The smallest absolute Gasteiger partial charge is 0.227 e. The van der Waals surface area contributed by atoms with Gasteiger partial charge in [-0.15, -0.1) is 0 Å². The molecule has 1 aliphatic heterocycles. The van der Waals surface area contributed by atoms with Gasteiger partial charge < -0.3 is 19.9 Å². The molecule has 0 saturated carbocycles. The molecule has 1 aromatic heterocycles. The molecule has 1 N–H and O–H groups in total. The van der Waals surface area contributed by atoms with Gasteiger partial charge in [-0.2, -0.15) is 4.98 Å². The molecule has 4 rings (SSSR count). The number of ether oxygens (including phenoxy) is 1. The van der Waals surface area contributed by atoms with Crippen LogP contribution in [0.3, 0.4) is 0 Å². The van der Waals surface area contributed by atoms with Gasteiger partial charge in [0.2, 0.25) is 11.9 Å². The van der Waals surface area contributed by atoms with Crippen molar-refractivity contribution in [3.63, 3.8) is 0 Å². The minimum absolute atomic E-state index is 0.165. The van der Waals surface area contributed by atoms with E-state index in [1.54, 1.807) is 7.11 Å². The second-order valence-electron chi connectivity index (χ2n) is 7.58. The van der Waals surface area contributed by atoms with Crippen LogP contribution in [0.4, 0.5) is 17.5 Å². The predicted molar refractivity (Wildman–Crippen MR) is 122 cm³/mol. The zero-order chi connectivity index (χ0) is 21.6. The lowest BCUT2D eigenvalue weighted by Crippen LogP contribution is -2.49. The lowest BCUT2D eigenvalue weighted by molar-refractivity contribution is -0.130. The highest BCUT2D eigenvalue weighted by Crippen LogP contribution is 2.21. The van der Waals surface area contributed by atoms with E-state index in [1.807, 2.05) is 72.5 Å². The SMILES string of the molecule is COc1ccc(Nc2cc(C)nc(N3CCN(C(=O)Cc4ccccc4)CC3)n2)cc1. The van der Waals surface area contributed by atoms with Crippen molar-refractivity contribution >= 4 is 23.4 Å². The zero-order valence-electron chi connectivity index (χ0n) is 17.9. The number of aryl methyl sites for hydroxylation is 1. The first-order chi connectivity index (χ1) is 15.1. The Labute approximate surface area is 182 Å². The van der Waals surface area contributed by atoms with Crippen molar-refractivity contribution in [2.75, 3.05) is 43.5 Å². The lowest BCUT2D eigenvalue weighted by atomic mass is 10.1. The van der Waals surface area contributed by atoms with Gasteiger partial charge in [0.25, 0.3) is 0 Å². The molecular weight excluding hydrogens is 390 g/mol. The van der Waals surface area contributed by atoms with E-state index < -0.39 is 0 Å². The highest BCUT2D eigenvalue weighted by Gasteiger charge is 2.23. The van der Waals surface area contributed by atoms with Crippen LogP contribution in [-0.4, -0.2) is 54.1 Å². The number of amides is 1. The number of carbonyl (C=O) groups is 1. The average molecular weight is 418 g/mol. The van der Waals surface area contributed by atoms with Crippen molar-refractivity contribution in [2.45, 2.75) is 13.3 Å². The molecule has 2 heterocycles. The Hall–Kier alpha value is -3.61. The molecule has 7 heteroatoms. The average Bonchev–Trinajstić information content (AvgIpc) is 2.80. The molecule has 0 unspecified atom stereocenters. The standard InChI is InChI=1S/C24H27N5O2/c1-18-16-22(26-20-8-10-21(31-2)11-9-20)27-24(25-18)29-14-12-28(13-15-29)23(30)17-19-6-4-3-5-7-19/h3-11,16H,12-15,17H2,1-2H3,(H,25,26,27). The van der Waals surface area contributed by atoms with Gasteiger partial charge in [0.05, 0.1) is 13.5 Å². The molecule has 0 bridgehead atoms. The van der Waals surface area contributed by atoms with E-state index in [-0.39, 0.29) is 5.91 Å². The number of nitrogens with one attached hydrogen (secondary N) is 1. The van der Waals surface area contributed by atoms with Crippen LogP contribution in [0.1, 0.15) is 11.3 Å². The number of anilines is 3. The lowest BCUT2D eigenvalue weighted by Gasteiger charge is -2.35. The number of aromatic nitrogens is 2. The third-order valence-electron chi connectivity index (χ3n) is 5.32. The zero-order valence-corrected chi connectivity index (χ0v) is 17.9. The van der Waals surface area contributed by atoms with Crippen LogP contribution < -0.4 is 15.0 Å².